The summed E-state index contributed by atoms with van der Waals surface area (Å²) in [6.07, 6.45) is 1.87. The summed E-state index contributed by atoms with van der Waals surface area (Å²) in [5, 5.41) is 10.8. The van der Waals surface area contributed by atoms with Crippen LogP contribution in [0.3, 0.4) is 0 Å². The molecule has 0 aromatic carbocycles. The van der Waals surface area contributed by atoms with Crippen molar-refractivity contribution in [3.8, 4) is 6.07 Å². The van der Waals surface area contributed by atoms with E-state index in [-0.39, 0.29) is 18.1 Å². The largest absolute Gasteiger partial charge is 0.467 e. The highest BCUT2D eigenvalue weighted by molar-refractivity contribution is 8.00. The Kier molecular flexibility index (Phi) is 6.14. The molecule has 0 N–H and O–H groups in total. The van der Waals surface area contributed by atoms with Crippen LogP contribution >= 0.6 is 23.1 Å². The van der Waals surface area contributed by atoms with Gasteiger partial charge in [0.25, 0.3) is 0 Å². The lowest BCUT2D eigenvalue weighted by molar-refractivity contribution is -0.129. The maximum absolute atomic E-state index is 12.8. The lowest BCUT2D eigenvalue weighted by Gasteiger charge is -2.20. The molecule has 0 atom stereocenters. The third-order valence-corrected chi connectivity index (χ3v) is 6.27. The van der Waals surface area contributed by atoms with Gasteiger partial charge in [0.05, 0.1) is 31.1 Å². The number of aryl methyl sites for hydroxylation is 3. The summed E-state index contributed by atoms with van der Waals surface area (Å²) >= 11 is 3.08. The van der Waals surface area contributed by atoms with Gasteiger partial charge in [-0.15, -0.1) is 11.3 Å². The quantitative estimate of drug-likeness (QED) is 0.436. The number of carbonyl (C=O) groups excluding carboxylic acids is 1. The summed E-state index contributed by atoms with van der Waals surface area (Å²) in [5.41, 5.74) is 1.17. The molecule has 0 spiro atoms. The average Bonchev–Trinajstić information content (AvgIpc) is 3.24. The van der Waals surface area contributed by atoms with Crippen LogP contribution in [0, 0.1) is 32.1 Å². The number of hydrogen-bond acceptors (Lipinski definition) is 7. The topological polar surface area (TPSA) is 83.0 Å². The highest BCUT2D eigenvalue weighted by Crippen LogP contribution is 2.35. The zero-order valence-corrected chi connectivity index (χ0v) is 17.1. The number of amides is 1. The van der Waals surface area contributed by atoms with Crippen LogP contribution in [0.25, 0.3) is 10.2 Å². The number of carbonyl (C=O) groups is 1. The summed E-state index contributed by atoms with van der Waals surface area (Å²) in [7, 11) is 0. The first-order valence-electron chi connectivity index (χ1n) is 8.54. The first kappa shape index (κ1) is 19.4. The molecule has 3 heterocycles. The zero-order chi connectivity index (χ0) is 19.4. The number of furan rings is 1. The molecule has 8 heteroatoms. The predicted octanol–water partition coefficient (Wildman–Crippen LogP) is 4.24. The minimum absolute atomic E-state index is 0.0410. The fourth-order valence-corrected chi connectivity index (χ4v) is 4.88. The van der Waals surface area contributed by atoms with Crippen LogP contribution in [0.2, 0.25) is 0 Å². The summed E-state index contributed by atoms with van der Waals surface area (Å²) in [5.74, 6) is 1.62. The lowest BCUT2D eigenvalue weighted by atomic mass is 10.2. The van der Waals surface area contributed by atoms with E-state index in [1.165, 1.54) is 22.2 Å². The minimum Gasteiger partial charge on any atom is -0.467 e. The Morgan fingerprint density at radius 2 is 2.19 bits per heavy atom. The highest BCUT2D eigenvalue weighted by Gasteiger charge is 2.19. The van der Waals surface area contributed by atoms with E-state index in [1.807, 2.05) is 13.0 Å². The Labute approximate surface area is 166 Å². The van der Waals surface area contributed by atoms with E-state index in [1.54, 1.807) is 28.6 Å². The molecule has 0 unspecified atom stereocenters. The molecule has 3 rings (SSSR count). The molecule has 3 aromatic heterocycles. The van der Waals surface area contributed by atoms with E-state index >= 15 is 0 Å². The molecule has 140 valence electrons. The van der Waals surface area contributed by atoms with Crippen molar-refractivity contribution in [3.63, 3.8) is 0 Å². The Bertz CT molecular complexity index is 989. The van der Waals surface area contributed by atoms with Crippen molar-refractivity contribution in [3.05, 3.63) is 40.4 Å². The zero-order valence-electron chi connectivity index (χ0n) is 15.5. The number of aromatic nitrogens is 2. The Balaban J connectivity index is 1.77. The van der Waals surface area contributed by atoms with Crippen LogP contribution < -0.4 is 0 Å². The number of nitrogens with zero attached hydrogens (tertiary/aromatic N) is 4. The van der Waals surface area contributed by atoms with Gasteiger partial charge < -0.3 is 9.32 Å². The highest BCUT2D eigenvalue weighted by atomic mass is 32.2. The second kappa shape index (κ2) is 8.55. The van der Waals surface area contributed by atoms with Gasteiger partial charge in [0.2, 0.25) is 5.91 Å². The van der Waals surface area contributed by atoms with E-state index in [2.05, 4.69) is 29.9 Å². The molecule has 0 aliphatic rings. The van der Waals surface area contributed by atoms with Crippen molar-refractivity contribution in [2.45, 2.75) is 38.8 Å². The van der Waals surface area contributed by atoms with Crippen molar-refractivity contribution in [1.82, 2.24) is 14.9 Å². The van der Waals surface area contributed by atoms with Crippen LogP contribution in [0.4, 0.5) is 0 Å². The molecule has 3 aromatic rings. The molecule has 6 nitrogen and oxygen atoms in total. The molecule has 0 bridgehead atoms. The van der Waals surface area contributed by atoms with Gasteiger partial charge >= 0.3 is 0 Å². The summed E-state index contributed by atoms with van der Waals surface area (Å²) < 4.78 is 5.35. The second-order valence-electron chi connectivity index (χ2n) is 6.13. The Morgan fingerprint density at radius 3 is 2.89 bits per heavy atom. The first-order chi connectivity index (χ1) is 13.0. The van der Waals surface area contributed by atoms with Crippen LogP contribution in [-0.4, -0.2) is 33.1 Å². The smallest absolute Gasteiger partial charge is 0.233 e. The van der Waals surface area contributed by atoms with Crippen molar-refractivity contribution in [1.29, 1.82) is 5.26 Å². The molecule has 0 aliphatic heterocycles. The number of thioether (sulfide) groups is 1. The maximum atomic E-state index is 12.8. The number of hydrogen-bond donors (Lipinski definition) is 0. The minimum atomic E-state index is -0.0410. The summed E-state index contributed by atoms with van der Waals surface area (Å²) in [6, 6.07) is 5.72. The van der Waals surface area contributed by atoms with Gasteiger partial charge in [0.1, 0.15) is 21.4 Å². The third-order valence-electron chi connectivity index (χ3n) is 4.21. The van der Waals surface area contributed by atoms with E-state index in [4.69, 9.17) is 9.68 Å². The van der Waals surface area contributed by atoms with Crippen molar-refractivity contribution in [2.75, 3.05) is 12.3 Å². The van der Waals surface area contributed by atoms with Gasteiger partial charge in [-0.1, -0.05) is 11.8 Å². The fourth-order valence-electron chi connectivity index (χ4n) is 2.71. The summed E-state index contributed by atoms with van der Waals surface area (Å²) in [4.78, 5) is 25.7. The van der Waals surface area contributed by atoms with Gasteiger partial charge in [-0.3, -0.25) is 4.79 Å². The van der Waals surface area contributed by atoms with Crippen LogP contribution in [0.5, 0.6) is 0 Å². The van der Waals surface area contributed by atoms with E-state index in [0.717, 1.165) is 15.2 Å². The van der Waals surface area contributed by atoms with Crippen LogP contribution in [0.15, 0.2) is 27.8 Å². The SMILES string of the molecule is Cc1nc(SCC(=O)N(CCC#N)Cc2ccco2)c2c(C)c(C)sc2n1. The molecular weight excluding hydrogens is 380 g/mol. The predicted molar refractivity (Wildman–Crippen MR) is 107 cm³/mol. The first-order valence-corrected chi connectivity index (χ1v) is 10.3. The molecule has 0 radical (unpaired) electrons. The van der Waals surface area contributed by atoms with Gasteiger partial charge in [0, 0.05) is 16.8 Å². The fraction of sp³-hybridized carbons (Fsp3) is 0.368. The standard InChI is InChI=1S/C19H20N4O2S2/c1-12-13(2)27-19-17(12)18(21-14(3)22-19)26-11-16(24)23(8-5-7-20)10-15-6-4-9-25-15/h4,6,9H,5,8,10-11H2,1-3H3. The maximum Gasteiger partial charge on any atom is 0.233 e. The average molecular weight is 401 g/mol. The van der Waals surface area contributed by atoms with Gasteiger partial charge in [0.15, 0.2) is 0 Å². The summed E-state index contributed by atoms with van der Waals surface area (Å²) in [6.45, 7) is 6.75. The van der Waals surface area contributed by atoms with Crippen molar-refractivity contribution >= 4 is 39.2 Å². The Morgan fingerprint density at radius 1 is 1.37 bits per heavy atom. The Hall–Kier alpha value is -2.37. The molecule has 1 amide bonds. The normalized spacial score (nSPS) is 10.9. The van der Waals surface area contributed by atoms with Gasteiger partial charge in [-0.2, -0.15) is 5.26 Å². The molecular formula is C19H20N4O2S2. The van der Waals surface area contributed by atoms with Crippen LogP contribution in [-0.2, 0) is 11.3 Å². The lowest BCUT2D eigenvalue weighted by Crippen LogP contribution is -2.32. The number of rotatable bonds is 7. The van der Waals surface area contributed by atoms with Crippen molar-refractivity contribution < 1.29 is 9.21 Å². The third kappa shape index (κ3) is 4.49. The number of nitriles is 1. The molecule has 0 aliphatic carbocycles. The number of thiophene rings is 1. The van der Waals surface area contributed by atoms with Gasteiger partial charge in [-0.05, 0) is 38.5 Å². The molecule has 0 saturated carbocycles. The van der Waals surface area contributed by atoms with E-state index < -0.39 is 0 Å². The van der Waals surface area contributed by atoms with E-state index in [9.17, 15) is 4.79 Å². The van der Waals surface area contributed by atoms with E-state index in [0.29, 0.717) is 24.7 Å². The molecule has 27 heavy (non-hydrogen) atoms. The monoisotopic (exact) mass is 400 g/mol. The molecule has 0 saturated heterocycles. The number of fused-ring (bicyclic) bond motifs is 1. The second-order valence-corrected chi connectivity index (χ2v) is 8.30. The van der Waals surface area contributed by atoms with Crippen LogP contribution in [0.1, 0.15) is 28.4 Å². The van der Waals surface area contributed by atoms with Crippen molar-refractivity contribution in [2.24, 2.45) is 0 Å². The molecule has 0 fully saturated rings. The van der Waals surface area contributed by atoms with Gasteiger partial charge in [-0.25, -0.2) is 9.97 Å².